The first-order valence-corrected chi connectivity index (χ1v) is 12.9. The van der Waals surface area contributed by atoms with Gasteiger partial charge in [0.1, 0.15) is 11.6 Å². The second-order valence-electron chi connectivity index (χ2n) is 8.83. The van der Waals surface area contributed by atoms with E-state index in [-0.39, 0.29) is 22.7 Å². The molecule has 0 fully saturated rings. The predicted octanol–water partition coefficient (Wildman–Crippen LogP) is 9.97. The molecule has 0 amide bonds. The lowest BCUT2D eigenvalue weighted by Gasteiger charge is -2.06. The molecular weight excluding hydrogens is 514 g/mol. The van der Waals surface area contributed by atoms with E-state index in [1.165, 1.54) is 55.3 Å². The molecule has 0 aliphatic carbocycles. The molecule has 0 aliphatic heterocycles. The third kappa shape index (κ3) is 8.62. The van der Waals surface area contributed by atoms with Crippen molar-refractivity contribution in [2.45, 2.75) is 32.6 Å². The first-order valence-electron chi connectivity index (χ1n) is 12.9. The summed E-state index contributed by atoms with van der Waals surface area (Å²) in [6, 6.07) is 22.9. The number of azo groups is 2. The number of carbonyl (C=O) groups excluding carboxylic acids is 1. The van der Waals surface area contributed by atoms with Crippen molar-refractivity contribution in [2.75, 3.05) is 6.61 Å². The van der Waals surface area contributed by atoms with Crippen LogP contribution in [0.25, 0.3) is 0 Å². The van der Waals surface area contributed by atoms with E-state index in [1.54, 1.807) is 18.2 Å². The number of ether oxygens (including phenoxy) is 2. The van der Waals surface area contributed by atoms with Crippen LogP contribution in [0.3, 0.4) is 0 Å². The summed E-state index contributed by atoms with van der Waals surface area (Å²) in [6.07, 6.45) is 4.60. The Hall–Kier alpha value is -4.79. The van der Waals surface area contributed by atoms with Crippen LogP contribution in [0.5, 0.6) is 11.5 Å². The Labute approximate surface area is 231 Å². The molecule has 0 radical (unpaired) electrons. The van der Waals surface area contributed by atoms with Crippen molar-refractivity contribution >= 4 is 28.7 Å². The Kier molecular flexibility index (Phi) is 10.2. The number of unbranched alkanes of at least 4 members (excludes halogenated alkanes) is 3. The molecule has 0 N–H and O–H groups in total. The summed E-state index contributed by atoms with van der Waals surface area (Å²) in [5.74, 6) is -1.45. The Morgan fingerprint density at radius 2 is 1.32 bits per heavy atom. The summed E-state index contributed by atoms with van der Waals surface area (Å²) in [5.41, 5.74) is 1.88. The van der Waals surface area contributed by atoms with Crippen LogP contribution < -0.4 is 9.47 Å². The van der Waals surface area contributed by atoms with Gasteiger partial charge in [-0.25, -0.2) is 13.6 Å². The molecule has 0 saturated carbocycles. The molecule has 0 unspecified atom stereocenters. The highest BCUT2D eigenvalue weighted by molar-refractivity contribution is 5.91. The molecule has 0 aliphatic rings. The van der Waals surface area contributed by atoms with Gasteiger partial charge in [0.2, 0.25) is 0 Å². The Morgan fingerprint density at radius 3 is 1.98 bits per heavy atom. The van der Waals surface area contributed by atoms with Crippen molar-refractivity contribution < 1.29 is 23.0 Å². The second-order valence-corrected chi connectivity index (χ2v) is 8.83. The highest BCUT2D eigenvalue weighted by atomic mass is 19.1. The van der Waals surface area contributed by atoms with E-state index in [2.05, 4.69) is 27.4 Å². The van der Waals surface area contributed by atoms with Crippen LogP contribution in [-0.4, -0.2) is 12.6 Å². The van der Waals surface area contributed by atoms with E-state index in [9.17, 15) is 13.6 Å². The maximum atomic E-state index is 14.5. The quantitative estimate of drug-likeness (QED) is 0.0772. The van der Waals surface area contributed by atoms with Crippen molar-refractivity contribution in [2.24, 2.45) is 20.5 Å². The van der Waals surface area contributed by atoms with Crippen molar-refractivity contribution in [3.05, 3.63) is 108 Å². The smallest absolute Gasteiger partial charge is 0.343 e. The molecule has 0 spiro atoms. The molecule has 204 valence electrons. The summed E-state index contributed by atoms with van der Waals surface area (Å²) >= 11 is 0. The lowest BCUT2D eigenvalue weighted by atomic mass is 10.2. The average molecular weight is 543 g/mol. The number of benzene rings is 4. The summed E-state index contributed by atoms with van der Waals surface area (Å²) < 4.78 is 38.7. The lowest BCUT2D eigenvalue weighted by molar-refractivity contribution is 0.0728. The van der Waals surface area contributed by atoms with E-state index in [0.717, 1.165) is 24.7 Å². The summed E-state index contributed by atoms with van der Waals surface area (Å²) in [5, 5.41) is 16.1. The van der Waals surface area contributed by atoms with Gasteiger partial charge in [-0.1, -0.05) is 32.3 Å². The molecule has 0 atom stereocenters. The van der Waals surface area contributed by atoms with Crippen LogP contribution in [0, 0.1) is 11.6 Å². The fourth-order valence-electron chi connectivity index (χ4n) is 3.55. The molecule has 0 aromatic heterocycles. The lowest BCUT2D eigenvalue weighted by Crippen LogP contribution is -2.09. The summed E-state index contributed by atoms with van der Waals surface area (Å²) in [4.78, 5) is 12.5. The maximum absolute atomic E-state index is 14.5. The van der Waals surface area contributed by atoms with Gasteiger partial charge in [0, 0.05) is 12.1 Å². The van der Waals surface area contributed by atoms with E-state index in [1.807, 2.05) is 24.3 Å². The van der Waals surface area contributed by atoms with Gasteiger partial charge in [0.05, 0.1) is 34.9 Å². The van der Waals surface area contributed by atoms with Gasteiger partial charge in [0.25, 0.3) is 0 Å². The largest absolute Gasteiger partial charge is 0.494 e. The van der Waals surface area contributed by atoms with E-state index < -0.39 is 17.6 Å². The molecule has 4 aromatic rings. The first kappa shape index (κ1) is 28.2. The predicted molar refractivity (Wildman–Crippen MR) is 149 cm³/mol. The minimum absolute atomic E-state index is 0.181. The van der Waals surface area contributed by atoms with Crippen LogP contribution in [0.1, 0.15) is 43.0 Å². The third-order valence-electron chi connectivity index (χ3n) is 5.69. The number of carbonyl (C=O) groups is 1. The Bertz CT molecular complexity index is 1470. The monoisotopic (exact) mass is 542 g/mol. The topological polar surface area (TPSA) is 85.0 Å². The molecule has 0 bridgehead atoms. The van der Waals surface area contributed by atoms with Crippen molar-refractivity contribution in [1.82, 2.24) is 0 Å². The number of halogens is 2. The normalized spacial score (nSPS) is 11.3. The minimum Gasteiger partial charge on any atom is -0.494 e. The molecule has 4 rings (SSSR count). The number of rotatable bonds is 12. The van der Waals surface area contributed by atoms with Gasteiger partial charge in [-0.3, -0.25) is 0 Å². The van der Waals surface area contributed by atoms with Crippen molar-refractivity contribution in [3.63, 3.8) is 0 Å². The first-order chi connectivity index (χ1) is 19.5. The van der Waals surface area contributed by atoms with Crippen LogP contribution in [0.2, 0.25) is 0 Å². The van der Waals surface area contributed by atoms with Gasteiger partial charge in [-0.15, -0.1) is 0 Å². The number of hydrogen-bond donors (Lipinski definition) is 0. The highest BCUT2D eigenvalue weighted by Gasteiger charge is 2.13. The standard InChI is InChI=1S/C31H28F2N4O3/c1-2-3-4-5-19-39-28-16-13-25(14-17-28)35-34-24-11-9-22(10-12-24)31(38)40-30-18-15-27(21-29(30)33)37-36-26-8-6-7-23(32)20-26/h6-18,20-21H,2-5,19H2,1H3. The highest BCUT2D eigenvalue weighted by Crippen LogP contribution is 2.26. The van der Waals surface area contributed by atoms with Gasteiger partial charge < -0.3 is 9.47 Å². The van der Waals surface area contributed by atoms with Crippen molar-refractivity contribution in [3.8, 4) is 11.5 Å². The Morgan fingerprint density at radius 1 is 0.700 bits per heavy atom. The molecular formula is C31H28F2N4O3. The third-order valence-corrected chi connectivity index (χ3v) is 5.69. The maximum Gasteiger partial charge on any atom is 0.343 e. The van der Waals surface area contributed by atoms with Crippen LogP contribution in [0.15, 0.2) is 111 Å². The molecule has 7 nitrogen and oxygen atoms in total. The van der Waals surface area contributed by atoms with Gasteiger partial charge >= 0.3 is 5.97 Å². The van der Waals surface area contributed by atoms with Crippen LogP contribution in [-0.2, 0) is 0 Å². The van der Waals surface area contributed by atoms with Crippen molar-refractivity contribution in [1.29, 1.82) is 0 Å². The molecule has 0 heterocycles. The van der Waals surface area contributed by atoms with E-state index in [4.69, 9.17) is 9.47 Å². The van der Waals surface area contributed by atoms with Gasteiger partial charge in [-0.05, 0) is 79.2 Å². The summed E-state index contributed by atoms with van der Waals surface area (Å²) in [6.45, 7) is 2.87. The number of nitrogens with zero attached hydrogens (tertiary/aromatic N) is 4. The van der Waals surface area contributed by atoms with Gasteiger partial charge in [0.15, 0.2) is 11.6 Å². The van der Waals surface area contributed by atoms with Gasteiger partial charge in [-0.2, -0.15) is 20.5 Å². The fraction of sp³-hybridized carbons (Fsp3) is 0.194. The van der Waals surface area contributed by atoms with E-state index >= 15 is 0 Å². The van der Waals surface area contributed by atoms with Crippen LogP contribution in [0.4, 0.5) is 31.5 Å². The number of hydrogen-bond acceptors (Lipinski definition) is 7. The number of esters is 1. The molecule has 0 saturated heterocycles. The average Bonchev–Trinajstić information content (AvgIpc) is 2.97. The second kappa shape index (κ2) is 14.4. The zero-order valence-electron chi connectivity index (χ0n) is 22.0. The molecule has 9 heteroatoms. The van der Waals surface area contributed by atoms with E-state index in [0.29, 0.717) is 18.0 Å². The molecule has 4 aromatic carbocycles. The van der Waals surface area contributed by atoms with Crippen LogP contribution >= 0.6 is 0 Å². The summed E-state index contributed by atoms with van der Waals surface area (Å²) in [7, 11) is 0. The zero-order chi connectivity index (χ0) is 28.2. The Balaban J connectivity index is 1.29. The SMILES string of the molecule is CCCCCCOc1ccc(N=Nc2ccc(C(=O)Oc3ccc(N=Nc4cccc(F)c4)cc3F)cc2)cc1. The minimum atomic E-state index is -0.789. The fourth-order valence-corrected chi connectivity index (χ4v) is 3.55. The molecule has 40 heavy (non-hydrogen) atoms. The zero-order valence-corrected chi connectivity index (χ0v) is 22.0.